The van der Waals surface area contributed by atoms with Crippen molar-refractivity contribution in [1.82, 2.24) is 10.2 Å². The summed E-state index contributed by atoms with van der Waals surface area (Å²) in [5.41, 5.74) is 0. The zero-order valence-electron chi connectivity index (χ0n) is 11.4. The van der Waals surface area contributed by atoms with E-state index in [0.717, 1.165) is 24.4 Å². The molecule has 3 nitrogen and oxygen atoms in total. The Kier molecular flexibility index (Phi) is 4.83. The first kappa shape index (κ1) is 13.3. The first-order valence-electron chi connectivity index (χ1n) is 7.29. The van der Waals surface area contributed by atoms with E-state index in [1.807, 2.05) is 0 Å². The van der Waals surface area contributed by atoms with Gasteiger partial charge in [-0.05, 0) is 31.1 Å². The van der Waals surface area contributed by atoms with Crippen molar-refractivity contribution in [1.29, 1.82) is 0 Å². The van der Waals surface area contributed by atoms with Crippen LogP contribution in [0.5, 0.6) is 0 Å². The SMILES string of the molecule is CC(C)C1CC(NCCO)CN(C2CCC2)C1. The van der Waals surface area contributed by atoms with E-state index < -0.39 is 0 Å². The van der Waals surface area contributed by atoms with E-state index in [-0.39, 0.29) is 6.61 Å². The minimum Gasteiger partial charge on any atom is -0.395 e. The molecule has 0 aromatic rings. The Hall–Kier alpha value is -0.120. The highest BCUT2D eigenvalue weighted by Gasteiger charge is 2.34. The van der Waals surface area contributed by atoms with E-state index in [0.29, 0.717) is 6.04 Å². The molecule has 0 bridgehead atoms. The molecule has 2 unspecified atom stereocenters. The zero-order valence-corrected chi connectivity index (χ0v) is 11.4. The topological polar surface area (TPSA) is 35.5 Å². The lowest BCUT2D eigenvalue weighted by molar-refractivity contribution is 0.0443. The van der Waals surface area contributed by atoms with Gasteiger partial charge in [-0.1, -0.05) is 20.3 Å². The number of nitrogens with zero attached hydrogens (tertiary/aromatic N) is 1. The monoisotopic (exact) mass is 240 g/mol. The molecule has 17 heavy (non-hydrogen) atoms. The first-order chi connectivity index (χ1) is 8.20. The summed E-state index contributed by atoms with van der Waals surface area (Å²) in [5.74, 6) is 1.59. The molecular formula is C14H28N2O. The average molecular weight is 240 g/mol. The number of likely N-dealkylation sites (tertiary alicyclic amines) is 1. The van der Waals surface area contributed by atoms with Gasteiger partial charge in [0.1, 0.15) is 0 Å². The lowest BCUT2D eigenvalue weighted by Crippen LogP contribution is -2.55. The number of hydrogen-bond acceptors (Lipinski definition) is 3. The summed E-state index contributed by atoms with van der Waals surface area (Å²) in [7, 11) is 0. The highest BCUT2D eigenvalue weighted by molar-refractivity contribution is 4.90. The Morgan fingerprint density at radius 2 is 2.06 bits per heavy atom. The van der Waals surface area contributed by atoms with Crippen molar-refractivity contribution in [3.63, 3.8) is 0 Å². The molecule has 0 amide bonds. The quantitative estimate of drug-likeness (QED) is 0.764. The van der Waals surface area contributed by atoms with Crippen molar-refractivity contribution in [2.75, 3.05) is 26.2 Å². The average Bonchev–Trinajstić information content (AvgIpc) is 2.23. The standard InChI is InChI=1S/C14H28N2O/c1-11(2)12-8-13(15-6-7-17)10-16(9-12)14-4-3-5-14/h11-15,17H,3-10H2,1-2H3. The Balaban J connectivity index is 1.89. The molecule has 2 atom stereocenters. The summed E-state index contributed by atoms with van der Waals surface area (Å²) in [6.45, 7) is 8.17. The molecule has 0 aromatic heterocycles. The second-order valence-electron chi connectivity index (χ2n) is 6.15. The third kappa shape index (κ3) is 3.43. The van der Waals surface area contributed by atoms with Gasteiger partial charge in [-0.3, -0.25) is 4.90 Å². The lowest BCUT2D eigenvalue weighted by Gasteiger charge is -2.46. The fourth-order valence-electron chi connectivity index (χ4n) is 3.12. The van der Waals surface area contributed by atoms with Gasteiger partial charge < -0.3 is 10.4 Å². The van der Waals surface area contributed by atoms with Gasteiger partial charge in [-0.25, -0.2) is 0 Å². The van der Waals surface area contributed by atoms with Crippen LogP contribution in [-0.4, -0.2) is 48.3 Å². The third-order valence-corrected chi connectivity index (χ3v) is 4.59. The zero-order chi connectivity index (χ0) is 12.3. The molecule has 2 aliphatic rings. The normalized spacial score (nSPS) is 31.8. The summed E-state index contributed by atoms with van der Waals surface area (Å²) >= 11 is 0. The molecule has 1 heterocycles. The molecule has 1 aliphatic carbocycles. The third-order valence-electron chi connectivity index (χ3n) is 4.59. The fraction of sp³-hybridized carbons (Fsp3) is 1.00. The van der Waals surface area contributed by atoms with Crippen LogP contribution in [0.25, 0.3) is 0 Å². The van der Waals surface area contributed by atoms with Gasteiger partial charge in [0.2, 0.25) is 0 Å². The van der Waals surface area contributed by atoms with Gasteiger partial charge in [-0.15, -0.1) is 0 Å². The predicted octanol–water partition coefficient (Wildman–Crippen LogP) is 1.47. The first-order valence-corrected chi connectivity index (χ1v) is 7.29. The molecule has 1 saturated heterocycles. The second-order valence-corrected chi connectivity index (χ2v) is 6.15. The van der Waals surface area contributed by atoms with Gasteiger partial charge in [0, 0.05) is 31.7 Å². The van der Waals surface area contributed by atoms with Crippen molar-refractivity contribution in [3.05, 3.63) is 0 Å². The van der Waals surface area contributed by atoms with Gasteiger partial charge in [0.15, 0.2) is 0 Å². The second kappa shape index (κ2) is 6.17. The molecule has 2 rings (SSSR count). The Morgan fingerprint density at radius 3 is 2.59 bits per heavy atom. The number of aliphatic hydroxyl groups excluding tert-OH is 1. The van der Waals surface area contributed by atoms with E-state index in [2.05, 4.69) is 24.1 Å². The maximum atomic E-state index is 8.93. The van der Waals surface area contributed by atoms with Crippen molar-refractivity contribution in [2.24, 2.45) is 11.8 Å². The molecule has 2 fully saturated rings. The molecule has 1 aliphatic heterocycles. The molecule has 0 radical (unpaired) electrons. The summed E-state index contributed by atoms with van der Waals surface area (Å²) < 4.78 is 0. The predicted molar refractivity (Wildman–Crippen MR) is 71.0 cm³/mol. The van der Waals surface area contributed by atoms with Crippen LogP contribution in [0.4, 0.5) is 0 Å². The van der Waals surface area contributed by atoms with Gasteiger partial charge in [-0.2, -0.15) is 0 Å². The fourth-order valence-corrected chi connectivity index (χ4v) is 3.12. The van der Waals surface area contributed by atoms with E-state index in [1.165, 1.54) is 38.8 Å². The highest BCUT2D eigenvalue weighted by Crippen LogP contribution is 2.31. The Bertz CT molecular complexity index is 228. The highest BCUT2D eigenvalue weighted by atomic mass is 16.3. The van der Waals surface area contributed by atoms with Crippen LogP contribution in [0.15, 0.2) is 0 Å². The largest absolute Gasteiger partial charge is 0.395 e. The summed E-state index contributed by atoms with van der Waals surface area (Å²) in [6.07, 6.45) is 5.50. The van der Waals surface area contributed by atoms with Crippen LogP contribution in [0, 0.1) is 11.8 Å². The molecule has 3 heteroatoms. The number of piperidine rings is 1. The summed E-state index contributed by atoms with van der Waals surface area (Å²) in [5, 5.41) is 12.4. The van der Waals surface area contributed by atoms with E-state index >= 15 is 0 Å². The summed E-state index contributed by atoms with van der Waals surface area (Å²) in [4.78, 5) is 2.70. The van der Waals surface area contributed by atoms with Crippen LogP contribution in [-0.2, 0) is 0 Å². The van der Waals surface area contributed by atoms with Crippen molar-refractivity contribution >= 4 is 0 Å². The van der Waals surface area contributed by atoms with Crippen LogP contribution >= 0.6 is 0 Å². The number of rotatable bonds is 5. The number of aliphatic hydroxyl groups is 1. The molecule has 0 aromatic carbocycles. The smallest absolute Gasteiger partial charge is 0.0556 e. The minimum atomic E-state index is 0.256. The van der Waals surface area contributed by atoms with Crippen molar-refractivity contribution in [3.8, 4) is 0 Å². The van der Waals surface area contributed by atoms with Crippen molar-refractivity contribution < 1.29 is 5.11 Å². The number of nitrogens with one attached hydrogen (secondary N) is 1. The molecule has 100 valence electrons. The maximum absolute atomic E-state index is 8.93. The lowest BCUT2D eigenvalue weighted by atomic mass is 9.82. The molecule has 2 N–H and O–H groups in total. The van der Waals surface area contributed by atoms with E-state index in [1.54, 1.807) is 0 Å². The van der Waals surface area contributed by atoms with Crippen LogP contribution < -0.4 is 5.32 Å². The Labute approximate surface area is 106 Å². The van der Waals surface area contributed by atoms with Gasteiger partial charge in [0.25, 0.3) is 0 Å². The van der Waals surface area contributed by atoms with Gasteiger partial charge in [0.05, 0.1) is 6.61 Å². The van der Waals surface area contributed by atoms with Gasteiger partial charge >= 0.3 is 0 Å². The van der Waals surface area contributed by atoms with Crippen LogP contribution in [0.1, 0.15) is 39.5 Å². The molecule has 0 spiro atoms. The minimum absolute atomic E-state index is 0.256. The van der Waals surface area contributed by atoms with Crippen LogP contribution in [0.2, 0.25) is 0 Å². The Morgan fingerprint density at radius 1 is 1.29 bits per heavy atom. The number of hydrogen-bond donors (Lipinski definition) is 2. The maximum Gasteiger partial charge on any atom is 0.0556 e. The molecule has 1 saturated carbocycles. The van der Waals surface area contributed by atoms with Crippen molar-refractivity contribution in [2.45, 2.75) is 51.6 Å². The summed E-state index contributed by atoms with van der Waals surface area (Å²) in [6, 6.07) is 1.44. The molecular weight excluding hydrogens is 212 g/mol. The van der Waals surface area contributed by atoms with Crippen LogP contribution in [0.3, 0.4) is 0 Å². The van der Waals surface area contributed by atoms with E-state index in [9.17, 15) is 0 Å². The van der Waals surface area contributed by atoms with E-state index in [4.69, 9.17) is 5.11 Å².